The number of hydrogen-bond donors (Lipinski definition) is 0. The Hall–Kier alpha value is -1.20. The van der Waals surface area contributed by atoms with Gasteiger partial charge in [-0.25, -0.2) is 4.98 Å². The van der Waals surface area contributed by atoms with Crippen molar-refractivity contribution in [2.45, 2.75) is 6.92 Å². The topological polar surface area (TPSA) is 56.0 Å². The van der Waals surface area contributed by atoms with Crippen LogP contribution >= 0.6 is 22.9 Å². The third-order valence-electron chi connectivity index (χ3n) is 1.75. The molecule has 1 aromatic carbocycles. The van der Waals surface area contributed by atoms with Gasteiger partial charge in [-0.3, -0.25) is 10.1 Å². The van der Waals surface area contributed by atoms with Crippen LogP contribution in [0.15, 0.2) is 12.1 Å². The molecule has 6 heteroatoms. The zero-order valence-corrected chi connectivity index (χ0v) is 8.72. The van der Waals surface area contributed by atoms with E-state index in [4.69, 9.17) is 11.6 Å². The molecule has 0 amide bonds. The Labute approximate surface area is 88.3 Å². The van der Waals surface area contributed by atoms with E-state index in [-0.39, 0.29) is 5.69 Å². The largest absolute Gasteiger partial charge is 0.272 e. The van der Waals surface area contributed by atoms with Gasteiger partial charge in [-0.1, -0.05) is 11.6 Å². The molecule has 0 saturated heterocycles. The van der Waals surface area contributed by atoms with Crippen LogP contribution < -0.4 is 0 Å². The molecular weight excluding hydrogens is 224 g/mol. The first kappa shape index (κ1) is 9.36. The number of halogens is 1. The number of non-ortho nitro benzene ring substituents is 1. The minimum atomic E-state index is -0.458. The molecule has 1 heterocycles. The lowest BCUT2D eigenvalue weighted by Gasteiger charge is -1.93. The molecule has 2 aromatic rings. The van der Waals surface area contributed by atoms with E-state index in [2.05, 4.69) is 4.98 Å². The maximum absolute atomic E-state index is 10.5. The Morgan fingerprint density at radius 3 is 2.93 bits per heavy atom. The predicted molar refractivity (Wildman–Crippen MR) is 56.0 cm³/mol. The summed E-state index contributed by atoms with van der Waals surface area (Å²) in [6, 6.07) is 2.81. The Morgan fingerprint density at radius 2 is 2.29 bits per heavy atom. The molecule has 0 spiro atoms. The second kappa shape index (κ2) is 3.18. The third kappa shape index (κ3) is 1.44. The smallest absolute Gasteiger partial charge is 0.258 e. The van der Waals surface area contributed by atoms with Crippen LogP contribution in [0.3, 0.4) is 0 Å². The summed E-state index contributed by atoms with van der Waals surface area (Å²) >= 11 is 7.26. The summed E-state index contributed by atoms with van der Waals surface area (Å²) < 4.78 is 0.752. The molecule has 1 aromatic heterocycles. The van der Waals surface area contributed by atoms with E-state index in [0.29, 0.717) is 10.5 Å². The first-order valence-corrected chi connectivity index (χ1v) is 4.98. The number of nitrogens with zero attached hydrogens (tertiary/aromatic N) is 2. The zero-order valence-electron chi connectivity index (χ0n) is 7.15. The van der Waals surface area contributed by atoms with Crippen molar-refractivity contribution in [3.05, 3.63) is 32.3 Å². The van der Waals surface area contributed by atoms with Crippen molar-refractivity contribution in [3.8, 4) is 0 Å². The lowest BCUT2D eigenvalue weighted by Crippen LogP contribution is -1.87. The molecule has 72 valence electrons. The minimum Gasteiger partial charge on any atom is -0.258 e. The second-order valence-electron chi connectivity index (χ2n) is 2.76. The zero-order chi connectivity index (χ0) is 10.3. The number of hydrogen-bond acceptors (Lipinski definition) is 4. The summed E-state index contributed by atoms with van der Waals surface area (Å²) in [4.78, 5) is 14.3. The third-order valence-corrected chi connectivity index (χ3v) is 2.96. The highest BCUT2D eigenvalue weighted by Gasteiger charge is 2.13. The highest BCUT2D eigenvalue weighted by Crippen LogP contribution is 2.32. The van der Waals surface area contributed by atoms with E-state index in [1.165, 1.54) is 23.5 Å². The van der Waals surface area contributed by atoms with Gasteiger partial charge < -0.3 is 0 Å². The van der Waals surface area contributed by atoms with Gasteiger partial charge in [0.25, 0.3) is 5.69 Å². The van der Waals surface area contributed by atoms with Crippen molar-refractivity contribution < 1.29 is 4.92 Å². The van der Waals surface area contributed by atoms with Crippen molar-refractivity contribution >= 4 is 38.8 Å². The average Bonchev–Trinajstić information content (AvgIpc) is 2.45. The number of nitro groups is 1. The highest BCUT2D eigenvalue weighted by atomic mass is 35.5. The molecule has 2 rings (SSSR count). The number of nitro benzene ring substituents is 1. The Balaban J connectivity index is 2.77. The van der Waals surface area contributed by atoms with Crippen LogP contribution in [0.25, 0.3) is 10.2 Å². The van der Waals surface area contributed by atoms with Crippen LogP contribution in [-0.2, 0) is 0 Å². The minimum absolute atomic E-state index is 0.00569. The Bertz CT molecular complexity index is 523. The summed E-state index contributed by atoms with van der Waals surface area (Å²) in [5, 5.41) is 11.7. The molecule has 0 fully saturated rings. The van der Waals surface area contributed by atoms with Crippen LogP contribution in [0, 0.1) is 17.0 Å². The van der Waals surface area contributed by atoms with Gasteiger partial charge in [0, 0.05) is 12.1 Å². The number of aryl methyl sites for hydroxylation is 1. The Kier molecular flexibility index (Phi) is 2.13. The van der Waals surface area contributed by atoms with E-state index in [0.717, 1.165) is 9.71 Å². The van der Waals surface area contributed by atoms with Crippen LogP contribution in [0.4, 0.5) is 5.69 Å². The van der Waals surface area contributed by atoms with Gasteiger partial charge in [0.1, 0.15) is 5.52 Å². The highest BCUT2D eigenvalue weighted by molar-refractivity contribution is 7.18. The summed E-state index contributed by atoms with van der Waals surface area (Å²) in [5.74, 6) is 0. The van der Waals surface area contributed by atoms with Gasteiger partial charge in [-0.05, 0) is 6.92 Å². The molecule has 0 aliphatic heterocycles. The molecule has 0 saturated carbocycles. The molecule has 14 heavy (non-hydrogen) atoms. The summed E-state index contributed by atoms with van der Waals surface area (Å²) in [6.45, 7) is 1.84. The SMILES string of the molecule is Cc1nc2c(Cl)cc([N+](=O)[O-])cc2s1. The van der Waals surface area contributed by atoms with Crippen LogP contribution in [0.5, 0.6) is 0 Å². The quantitative estimate of drug-likeness (QED) is 0.556. The van der Waals surface area contributed by atoms with E-state index in [9.17, 15) is 10.1 Å². The second-order valence-corrected chi connectivity index (χ2v) is 4.41. The summed E-state index contributed by atoms with van der Waals surface area (Å²) in [6.07, 6.45) is 0. The maximum atomic E-state index is 10.5. The molecule has 0 radical (unpaired) electrons. The normalized spacial score (nSPS) is 10.7. The van der Waals surface area contributed by atoms with E-state index in [1.807, 2.05) is 6.92 Å². The fourth-order valence-corrected chi connectivity index (χ4v) is 2.39. The number of thiazole rings is 1. The molecule has 0 aliphatic carbocycles. The van der Waals surface area contributed by atoms with Crippen molar-refractivity contribution in [3.63, 3.8) is 0 Å². The van der Waals surface area contributed by atoms with Gasteiger partial charge in [-0.2, -0.15) is 0 Å². The predicted octanol–water partition coefficient (Wildman–Crippen LogP) is 3.17. The number of rotatable bonds is 1. The van der Waals surface area contributed by atoms with Gasteiger partial charge in [0.05, 0.1) is 19.7 Å². The Morgan fingerprint density at radius 1 is 1.57 bits per heavy atom. The van der Waals surface area contributed by atoms with Crippen molar-refractivity contribution in [2.24, 2.45) is 0 Å². The molecule has 0 bridgehead atoms. The van der Waals surface area contributed by atoms with Crippen LogP contribution in [0.2, 0.25) is 5.02 Å². The molecular formula is C8H5ClN2O2S. The molecule has 0 N–H and O–H groups in total. The van der Waals surface area contributed by atoms with Crippen molar-refractivity contribution in [1.29, 1.82) is 0 Å². The molecule has 0 aliphatic rings. The standard InChI is InChI=1S/C8H5ClN2O2S/c1-4-10-8-6(9)2-5(11(12)13)3-7(8)14-4/h2-3H,1H3. The maximum Gasteiger partial charge on any atom is 0.272 e. The molecule has 0 unspecified atom stereocenters. The summed E-state index contributed by atoms with van der Waals surface area (Å²) in [7, 11) is 0. The van der Waals surface area contributed by atoms with Gasteiger partial charge in [0.2, 0.25) is 0 Å². The lowest BCUT2D eigenvalue weighted by molar-refractivity contribution is -0.384. The van der Waals surface area contributed by atoms with Crippen molar-refractivity contribution in [1.82, 2.24) is 4.98 Å². The monoisotopic (exact) mass is 228 g/mol. The van der Waals surface area contributed by atoms with Gasteiger partial charge in [0.15, 0.2) is 0 Å². The first-order chi connectivity index (χ1) is 6.58. The molecule has 4 nitrogen and oxygen atoms in total. The van der Waals surface area contributed by atoms with Gasteiger partial charge >= 0.3 is 0 Å². The van der Waals surface area contributed by atoms with E-state index >= 15 is 0 Å². The number of fused-ring (bicyclic) bond motifs is 1. The van der Waals surface area contributed by atoms with E-state index in [1.54, 1.807) is 0 Å². The van der Waals surface area contributed by atoms with Gasteiger partial charge in [-0.15, -0.1) is 11.3 Å². The molecule has 0 atom stereocenters. The number of aromatic nitrogens is 1. The average molecular weight is 229 g/mol. The van der Waals surface area contributed by atoms with Crippen molar-refractivity contribution in [2.75, 3.05) is 0 Å². The fourth-order valence-electron chi connectivity index (χ4n) is 1.19. The lowest BCUT2D eigenvalue weighted by atomic mass is 10.3. The first-order valence-electron chi connectivity index (χ1n) is 3.79. The van der Waals surface area contributed by atoms with Crippen LogP contribution in [0.1, 0.15) is 5.01 Å². The van der Waals surface area contributed by atoms with E-state index < -0.39 is 4.92 Å². The fraction of sp³-hybridized carbons (Fsp3) is 0.125. The summed E-state index contributed by atoms with van der Waals surface area (Å²) in [5.41, 5.74) is 0.644. The number of benzene rings is 1. The van der Waals surface area contributed by atoms with Crippen LogP contribution in [-0.4, -0.2) is 9.91 Å².